The largest absolute Gasteiger partial charge is 0.334 e. The first kappa shape index (κ1) is 6.74. The maximum atomic E-state index is 10.6. The highest BCUT2D eigenvalue weighted by Gasteiger charge is 2.28. The summed E-state index contributed by atoms with van der Waals surface area (Å²) in [5.74, 6) is -0.257. The summed E-state index contributed by atoms with van der Waals surface area (Å²) in [5, 5.41) is 2.43. The van der Waals surface area contributed by atoms with E-state index in [2.05, 4.69) is 11.9 Å². The molecular formula is C7H7NO2. The van der Waals surface area contributed by atoms with E-state index in [1.165, 1.54) is 18.2 Å². The Bertz CT molecular complexity index is 210. The monoisotopic (exact) mass is 137 g/mol. The molecule has 1 aliphatic rings. The molecule has 0 aromatic heterocycles. The van der Waals surface area contributed by atoms with Crippen molar-refractivity contribution in [1.29, 1.82) is 0 Å². The van der Waals surface area contributed by atoms with Crippen LogP contribution in [0, 0.1) is 0 Å². The van der Waals surface area contributed by atoms with Crippen LogP contribution in [-0.4, -0.2) is 17.7 Å². The van der Waals surface area contributed by atoms with Crippen LogP contribution in [0.2, 0.25) is 0 Å². The molecule has 1 rings (SSSR count). The Hall–Kier alpha value is -1.38. The molecule has 0 radical (unpaired) electrons. The predicted molar refractivity (Wildman–Crippen MR) is 36.3 cm³/mol. The Labute approximate surface area is 58.4 Å². The van der Waals surface area contributed by atoms with Gasteiger partial charge in [0, 0.05) is 6.08 Å². The van der Waals surface area contributed by atoms with E-state index in [0.29, 0.717) is 6.29 Å². The summed E-state index contributed by atoms with van der Waals surface area (Å²) in [6.45, 7) is 3.42. The first-order valence-corrected chi connectivity index (χ1v) is 2.84. The van der Waals surface area contributed by atoms with Crippen LogP contribution in [0.15, 0.2) is 24.8 Å². The van der Waals surface area contributed by atoms with E-state index < -0.39 is 5.54 Å². The SMILES string of the molecule is C=C[C@]1(C=O)C=CC(=O)N1. The average Bonchev–Trinajstić information content (AvgIpc) is 2.33. The number of hydrogen-bond acceptors (Lipinski definition) is 2. The third kappa shape index (κ3) is 0.857. The van der Waals surface area contributed by atoms with Crippen molar-refractivity contribution < 1.29 is 9.59 Å². The molecule has 1 aliphatic heterocycles. The van der Waals surface area contributed by atoms with Crippen LogP contribution in [-0.2, 0) is 9.59 Å². The van der Waals surface area contributed by atoms with Crippen LogP contribution in [0.25, 0.3) is 0 Å². The van der Waals surface area contributed by atoms with Crippen molar-refractivity contribution in [3.05, 3.63) is 24.8 Å². The van der Waals surface area contributed by atoms with Gasteiger partial charge in [0.2, 0.25) is 5.91 Å². The molecule has 1 N–H and O–H groups in total. The quantitative estimate of drug-likeness (QED) is 0.423. The number of amides is 1. The average molecular weight is 137 g/mol. The summed E-state index contributed by atoms with van der Waals surface area (Å²) in [7, 11) is 0. The Balaban J connectivity index is 2.90. The molecule has 0 saturated carbocycles. The number of carbonyl (C=O) groups excluding carboxylic acids is 2. The minimum atomic E-state index is -0.947. The molecule has 0 aliphatic carbocycles. The predicted octanol–water partition coefficient (Wildman–Crippen LogP) is -0.204. The van der Waals surface area contributed by atoms with Crippen molar-refractivity contribution >= 4 is 12.2 Å². The summed E-state index contributed by atoms with van der Waals surface area (Å²) < 4.78 is 0. The van der Waals surface area contributed by atoms with Crippen LogP contribution < -0.4 is 5.32 Å². The molecule has 1 heterocycles. The van der Waals surface area contributed by atoms with Crippen LogP contribution in [0.1, 0.15) is 0 Å². The van der Waals surface area contributed by atoms with Crippen molar-refractivity contribution in [2.75, 3.05) is 0 Å². The second kappa shape index (κ2) is 2.10. The Morgan fingerprint density at radius 1 is 1.70 bits per heavy atom. The van der Waals surface area contributed by atoms with E-state index in [9.17, 15) is 9.59 Å². The van der Waals surface area contributed by atoms with E-state index >= 15 is 0 Å². The summed E-state index contributed by atoms with van der Waals surface area (Å²) in [6.07, 6.45) is 4.83. The van der Waals surface area contributed by atoms with Crippen molar-refractivity contribution in [2.24, 2.45) is 0 Å². The number of carbonyl (C=O) groups is 2. The normalized spacial score (nSPS) is 29.8. The third-order valence-electron chi connectivity index (χ3n) is 1.38. The minimum absolute atomic E-state index is 0.257. The summed E-state index contributed by atoms with van der Waals surface area (Å²) >= 11 is 0. The summed E-state index contributed by atoms with van der Waals surface area (Å²) in [4.78, 5) is 20.9. The lowest BCUT2D eigenvalue weighted by molar-refractivity contribution is -0.119. The number of rotatable bonds is 2. The van der Waals surface area contributed by atoms with Crippen molar-refractivity contribution in [2.45, 2.75) is 5.54 Å². The van der Waals surface area contributed by atoms with Crippen LogP contribution >= 0.6 is 0 Å². The highest BCUT2D eigenvalue weighted by Crippen LogP contribution is 2.09. The first-order valence-electron chi connectivity index (χ1n) is 2.84. The fourth-order valence-electron chi connectivity index (χ4n) is 0.746. The van der Waals surface area contributed by atoms with Gasteiger partial charge in [-0.25, -0.2) is 0 Å². The molecule has 10 heavy (non-hydrogen) atoms. The third-order valence-corrected chi connectivity index (χ3v) is 1.38. The molecule has 0 unspecified atom stereocenters. The second-order valence-electron chi connectivity index (χ2n) is 2.08. The molecule has 3 heteroatoms. The highest BCUT2D eigenvalue weighted by molar-refractivity contribution is 5.97. The van der Waals surface area contributed by atoms with Crippen molar-refractivity contribution in [1.82, 2.24) is 5.32 Å². The lowest BCUT2D eigenvalue weighted by Crippen LogP contribution is -2.41. The summed E-state index contributed by atoms with van der Waals surface area (Å²) in [5.41, 5.74) is -0.947. The van der Waals surface area contributed by atoms with Crippen molar-refractivity contribution in [3.63, 3.8) is 0 Å². The van der Waals surface area contributed by atoms with Gasteiger partial charge in [-0.2, -0.15) is 0 Å². The molecule has 0 fully saturated rings. The van der Waals surface area contributed by atoms with Gasteiger partial charge in [0.05, 0.1) is 0 Å². The molecule has 0 aromatic rings. The number of aldehydes is 1. The van der Waals surface area contributed by atoms with Gasteiger partial charge in [0.25, 0.3) is 0 Å². The lowest BCUT2D eigenvalue weighted by Gasteiger charge is -2.14. The zero-order valence-corrected chi connectivity index (χ0v) is 5.33. The van der Waals surface area contributed by atoms with Crippen LogP contribution in [0.5, 0.6) is 0 Å². The van der Waals surface area contributed by atoms with Gasteiger partial charge < -0.3 is 5.32 Å². The maximum Gasteiger partial charge on any atom is 0.245 e. The molecule has 0 saturated heterocycles. The Kier molecular flexibility index (Phi) is 1.41. The fraction of sp³-hybridized carbons (Fsp3) is 0.143. The molecule has 0 bridgehead atoms. The molecule has 0 aromatic carbocycles. The molecular weight excluding hydrogens is 130 g/mol. The molecule has 3 nitrogen and oxygen atoms in total. The number of nitrogens with one attached hydrogen (secondary N) is 1. The topological polar surface area (TPSA) is 46.2 Å². The van der Waals surface area contributed by atoms with Gasteiger partial charge in [-0.1, -0.05) is 12.7 Å². The van der Waals surface area contributed by atoms with E-state index in [1.54, 1.807) is 0 Å². The van der Waals surface area contributed by atoms with Crippen LogP contribution in [0.3, 0.4) is 0 Å². The highest BCUT2D eigenvalue weighted by atomic mass is 16.2. The molecule has 0 spiro atoms. The molecule has 1 amide bonds. The van der Waals surface area contributed by atoms with E-state index in [4.69, 9.17) is 0 Å². The van der Waals surface area contributed by atoms with Crippen LogP contribution in [0.4, 0.5) is 0 Å². The number of hydrogen-bond donors (Lipinski definition) is 1. The minimum Gasteiger partial charge on any atom is -0.334 e. The fourth-order valence-corrected chi connectivity index (χ4v) is 0.746. The van der Waals surface area contributed by atoms with E-state index in [1.807, 2.05) is 0 Å². The van der Waals surface area contributed by atoms with E-state index in [-0.39, 0.29) is 5.91 Å². The van der Waals surface area contributed by atoms with Crippen molar-refractivity contribution in [3.8, 4) is 0 Å². The molecule has 52 valence electrons. The molecule has 1 atom stereocenters. The van der Waals surface area contributed by atoms with E-state index in [0.717, 1.165) is 0 Å². The maximum absolute atomic E-state index is 10.6. The lowest BCUT2D eigenvalue weighted by atomic mass is 10.1. The van der Waals surface area contributed by atoms with Gasteiger partial charge in [0.1, 0.15) is 5.54 Å². The Morgan fingerprint density at radius 2 is 2.40 bits per heavy atom. The first-order chi connectivity index (χ1) is 4.72. The summed E-state index contributed by atoms with van der Waals surface area (Å²) in [6, 6.07) is 0. The smallest absolute Gasteiger partial charge is 0.245 e. The van der Waals surface area contributed by atoms with Gasteiger partial charge in [-0.05, 0) is 6.08 Å². The standard InChI is InChI=1S/C7H7NO2/c1-2-7(5-9)4-3-6(10)8-7/h2-5H,1H2,(H,8,10)/t7-/m1/s1. The second-order valence-corrected chi connectivity index (χ2v) is 2.08. The zero-order chi connectivity index (χ0) is 7.61. The van der Waals surface area contributed by atoms with Gasteiger partial charge in [0.15, 0.2) is 6.29 Å². The van der Waals surface area contributed by atoms with Gasteiger partial charge in [-0.3, -0.25) is 9.59 Å². The Morgan fingerprint density at radius 3 is 2.60 bits per heavy atom. The van der Waals surface area contributed by atoms with Gasteiger partial charge >= 0.3 is 0 Å². The zero-order valence-electron chi connectivity index (χ0n) is 5.33. The van der Waals surface area contributed by atoms with Gasteiger partial charge in [-0.15, -0.1) is 0 Å².